The first kappa shape index (κ1) is 12.1. The Morgan fingerprint density at radius 3 is 3.06 bits per heavy atom. The van der Waals surface area contributed by atoms with Crippen molar-refractivity contribution in [1.82, 2.24) is 10.3 Å². The molecular weight excluding hydrogens is 252 g/mol. The fourth-order valence-electron chi connectivity index (χ4n) is 1.24. The van der Waals surface area contributed by atoms with E-state index in [9.17, 15) is 4.79 Å². The van der Waals surface area contributed by atoms with Crippen molar-refractivity contribution in [3.8, 4) is 0 Å². The van der Waals surface area contributed by atoms with Crippen molar-refractivity contribution < 1.29 is 4.79 Å². The van der Waals surface area contributed by atoms with Gasteiger partial charge in [0.15, 0.2) is 0 Å². The molecule has 1 N–H and O–H groups in total. The summed E-state index contributed by atoms with van der Waals surface area (Å²) in [5.41, 5.74) is 1.02. The van der Waals surface area contributed by atoms with Crippen molar-refractivity contribution in [2.45, 2.75) is 10.8 Å². The first-order valence-corrected chi connectivity index (χ1v) is 7.03. The number of carbonyl (C=O) groups excluding carboxylic acids is 1. The van der Waals surface area contributed by atoms with Crippen LogP contribution in [0.1, 0.15) is 5.56 Å². The van der Waals surface area contributed by atoms with E-state index < -0.39 is 0 Å². The molecular formula is C12H12N2OS2. The molecule has 0 fully saturated rings. The Morgan fingerprint density at radius 2 is 2.35 bits per heavy atom. The van der Waals surface area contributed by atoms with Gasteiger partial charge in [-0.2, -0.15) is 0 Å². The molecule has 0 aromatic carbocycles. The Hall–Kier alpha value is -1.33. The zero-order valence-electron chi connectivity index (χ0n) is 9.13. The summed E-state index contributed by atoms with van der Waals surface area (Å²) in [4.78, 5) is 15.6. The minimum Gasteiger partial charge on any atom is -0.351 e. The molecule has 88 valence electrons. The Morgan fingerprint density at radius 1 is 1.41 bits per heavy atom. The monoisotopic (exact) mass is 264 g/mol. The van der Waals surface area contributed by atoms with E-state index in [1.54, 1.807) is 35.5 Å². The van der Waals surface area contributed by atoms with Crippen LogP contribution in [0.4, 0.5) is 0 Å². The summed E-state index contributed by atoms with van der Waals surface area (Å²) in [6.45, 7) is 0.539. The van der Waals surface area contributed by atoms with E-state index in [1.807, 2.05) is 29.6 Å². The van der Waals surface area contributed by atoms with Crippen LogP contribution in [0.25, 0.3) is 0 Å². The van der Waals surface area contributed by atoms with Gasteiger partial charge in [-0.15, -0.1) is 23.1 Å². The second-order valence-electron chi connectivity index (χ2n) is 3.36. The number of thioether (sulfide) groups is 1. The lowest BCUT2D eigenvalue weighted by Crippen LogP contribution is -2.24. The maximum atomic E-state index is 11.6. The number of amides is 1. The van der Waals surface area contributed by atoms with Gasteiger partial charge in [0.1, 0.15) is 0 Å². The van der Waals surface area contributed by atoms with Gasteiger partial charge >= 0.3 is 0 Å². The molecule has 0 aliphatic heterocycles. The summed E-state index contributed by atoms with van der Waals surface area (Å²) in [5.74, 6) is 0.507. The predicted molar refractivity (Wildman–Crippen MR) is 71.1 cm³/mol. The molecule has 5 heteroatoms. The molecule has 0 aliphatic rings. The quantitative estimate of drug-likeness (QED) is 0.844. The summed E-state index contributed by atoms with van der Waals surface area (Å²) in [7, 11) is 0. The number of aromatic nitrogens is 1. The van der Waals surface area contributed by atoms with Gasteiger partial charge in [0.05, 0.1) is 9.96 Å². The number of nitrogens with one attached hydrogen (secondary N) is 1. The average Bonchev–Trinajstić information content (AvgIpc) is 2.88. The maximum absolute atomic E-state index is 11.6. The van der Waals surface area contributed by atoms with Gasteiger partial charge in [0.25, 0.3) is 0 Å². The van der Waals surface area contributed by atoms with Crippen molar-refractivity contribution in [3.63, 3.8) is 0 Å². The van der Waals surface area contributed by atoms with Gasteiger partial charge in [-0.1, -0.05) is 12.1 Å². The molecule has 17 heavy (non-hydrogen) atoms. The third-order valence-corrected chi connectivity index (χ3v) is 4.18. The van der Waals surface area contributed by atoms with Crippen LogP contribution in [0.2, 0.25) is 0 Å². The highest BCUT2D eigenvalue weighted by Crippen LogP contribution is 2.22. The smallest absolute Gasteiger partial charge is 0.230 e. The average molecular weight is 264 g/mol. The van der Waals surface area contributed by atoms with Gasteiger partial charge in [-0.05, 0) is 23.1 Å². The van der Waals surface area contributed by atoms with Crippen LogP contribution < -0.4 is 5.32 Å². The van der Waals surface area contributed by atoms with Gasteiger partial charge < -0.3 is 5.32 Å². The molecule has 0 aliphatic carbocycles. The molecule has 0 saturated heterocycles. The minimum absolute atomic E-state index is 0.0484. The molecule has 2 aromatic heterocycles. The summed E-state index contributed by atoms with van der Waals surface area (Å²) in [6.07, 6.45) is 3.48. The fraction of sp³-hybridized carbons (Fsp3) is 0.167. The summed E-state index contributed by atoms with van der Waals surface area (Å²) in [5, 5.41) is 4.88. The van der Waals surface area contributed by atoms with E-state index in [4.69, 9.17) is 0 Å². The molecule has 2 rings (SSSR count). The molecule has 2 aromatic rings. The SMILES string of the molecule is O=C(CSc1cccs1)NCc1cccnc1. The van der Waals surface area contributed by atoms with E-state index >= 15 is 0 Å². The number of hydrogen-bond donors (Lipinski definition) is 1. The molecule has 0 radical (unpaired) electrons. The molecule has 2 heterocycles. The van der Waals surface area contributed by atoms with Crippen molar-refractivity contribution in [1.29, 1.82) is 0 Å². The van der Waals surface area contributed by atoms with Gasteiger partial charge in [0, 0.05) is 18.9 Å². The first-order chi connectivity index (χ1) is 8.34. The Labute approximate surface area is 108 Å². The van der Waals surface area contributed by atoms with Crippen LogP contribution in [0.5, 0.6) is 0 Å². The molecule has 0 atom stereocenters. The van der Waals surface area contributed by atoms with E-state index in [0.717, 1.165) is 5.56 Å². The van der Waals surface area contributed by atoms with Crippen LogP contribution in [-0.4, -0.2) is 16.6 Å². The number of nitrogens with zero attached hydrogens (tertiary/aromatic N) is 1. The fourth-order valence-corrected chi connectivity index (χ4v) is 2.85. The van der Waals surface area contributed by atoms with Gasteiger partial charge in [0.2, 0.25) is 5.91 Å². The molecule has 0 bridgehead atoms. The van der Waals surface area contributed by atoms with Gasteiger partial charge in [-0.3, -0.25) is 9.78 Å². The Kier molecular flexibility index (Phi) is 4.58. The topological polar surface area (TPSA) is 42.0 Å². The molecule has 0 spiro atoms. The van der Waals surface area contributed by atoms with E-state index in [2.05, 4.69) is 10.3 Å². The lowest BCUT2D eigenvalue weighted by atomic mass is 10.3. The van der Waals surface area contributed by atoms with Crippen LogP contribution in [0, 0.1) is 0 Å². The molecule has 3 nitrogen and oxygen atoms in total. The zero-order valence-corrected chi connectivity index (χ0v) is 10.8. The maximum Gasteiger partial charge on any atom is 0.230 e. The third-order valence-electron chi connectivity index (χ3n) is 2.05. The summed E-state index contributed by atoms with van der Waals surface area (Å²) < 4.78 is 1.17. The van der Waals surface area contributed by atoms with E-state index in [-0.39, 0.29) is 5.91 Å². The number of rotatable bonds is 5. The van der Waals surface area contributed by atoms with Crippen LogP contribution in [0.3, 0.4) is 0 Å². The van der Waals surface area contributed by atoms with E-state index in [1.165, 1.54) is 4.21 Å². The largest absolute Gasteiger partial charge is 0.351 e. The van der Waals surface area contributed by atoms with Crippen LogP contribution in [0.15, 0.2) is 46.2 Å². The summed E-state index contributed by atoms with van der Waals surface area (Å²) >= 11 is 3.21. The normalized spacial score (nSPS) is 10.1. The van der Waals surface area contributed by atoms with Crippen molar-refractivity contribution in [3.05, 3.63) is 47.6 Å². The predicted octanol–water partition coefficient (Wildman–Crippen LogP) is 2.55. The number of thiophene rings is 1. The standard InChI is InChI=1S/C12H12N2OS2/c15-11(9-17-12-4-2-6-16-12)14-8-10-3-1-5-13-7-10/h1-7H,8-9H2,(H,14,15). The van der Waals surface area contributed by atoms with E-state index in [0.29, 0.717) is 12.3 Å². The lowest BCUT2D eigenvalue weighted by Gasteiger charge is -2.03. The Balaban J connectivity index is 1.71. The number of hydrogen-bond acceptors (Lipinski definition) is 4. The third kappa shape index (κ3) is 4.20. The second-order valence-corrected chi connectivity index (χ2v) is 5.58. The molecule has 0 unspecified atom stereocenters. The second kappa shape index (κ2) is 6.42. The highest BCUT2D eigenvalue weighted by atomic mass is 32.2. The first-order valence-electron chi connectivity index (χ1n) is 5.16. The zero-order chi connectivity index (χ0) is 11.9. The highest BCUT2D eigenvalue weighted by molar-refractivity contribution is 8.01. The molecule has 1 amide bonds. The minimum atomic E-state index is 0.0484. The van der Waals surface area contributed by atoms with Crippen molar-refractivity contribution in [2.24, 2.45) is 0 Å². The molecule has 0 saturated carbocycles. The number of carbonyl (C=O) groups is 1. The number of pyridine rings is 1. The van der Waals surface area contributed by atoms with Crippen LogP contribution in [-0.2, 0) is 11.3 Å². The van der Waals surface area contributed by atoms with Crippen molar-refractivity contribution >= 4 is 29.0 Å². The summed E-state index contributed by atoms with van der Waals surface area (Å²) in [6, 6.07) is 7.81. The highest BCUT2D eigenvalue weighted by Gasteiger charge is 2.03. The lowest BCUT2D eigenvalue weighted by molar-refractivity contribution is -0.118. The Bertz CT molecular complexity index is 457. The van der Waals surface area contributed by atoms with Crippen LogP contribution >= 0.6 is 23.1 Å². The van der Waals surface area contributed by atoms with Gasteiger partial charge in [-0.25, -0.2) is 0 Å². The van der Waals surface area contributed by atoms with Crippen molar-refractivity contribution in [2.75, 3.05) is 5.75 Å².